The zero-order valence-corrected chi connectivity index (χ0v) is 14.1. The predicted molar refractivity (Wildman–Crippen MR) is 90.8 cm³/mol. The van der Waals surface area contributed by atoms with Gasteiger partial charge in [0, 0.05) is 12.2 Å². The number of aromatic nitrogens is 1. The molecule has 1 atom stereocenters. The molecule has 4 nitrogen and oxygen atoms in total. The number of carbonyl (C=O) groups is 1. The van der Waals surface area contributed by atoms with Crippen LogP contribution in [0.5, 0.6) is 0 Å². The summed E-state index contributed by atoms with van der Waals surface area (Å²) in [4.78, 5) is 16.2. The van der Waals surface area contributed by atoms with E-state index in [1.165, 1.54) is 0 Å². The zero-order chi connectivity index (χ0) is 16.8. The molecule has 0 radical (unpaired) electrons. The van der Waals surface area contributed by atoms with E-state index in [1.54, 1.807) is 6.08 Å². The Labute approximate surface area is 132 Å². The first-order valence-electron chi connectivity index (χ1n) is 7.46. The van der Waals surface area contributed by atoms with Gasteiger partial charge in [-0.3, -0.25) is 4.98 Å². The summed E-state index contributed by atoms with van der Waals surface area (Å²) in [5.41, 5.74) is 0.473. The minimum Gasteiger partial charge on any atom is -0.444 e. The number of alkyl carbamates (subject to hydrolysis) is 1. The summed E-state index contributed by atoms with van der Waals surface area (Å²) in [5.74, 6) is 0.138. The van der Waals surface area contributed by atoms with Crippen molar-refractivity contribution in [3.8, 4) is 0 Å². The molecule has 0 aliphatic carbocycles. The van der Waals surface area contributed by atoms with E-state index in [9.17, 15) is 4.79 Å². The van der Waals surface area contributed by atoms with Crippen LogP contribution in [0.25, 0.3) is 12.2 Å². The molecule has 4 heteroatoms. The van der Waals surface area contributed by atoms with E-state index in [0.29, 0.717) is 6.54 Å². The number of rotatable bonds is 4. The fraction of sp³-hybridized carbons (Fsp3) is 0.444. The maximum atomic E-state index is 11.7. The number of amides is 1. The molecule has 1 unspecified atom stereocenters. The smallest absolute Gasteiger partial charge is 0.407 e. The summed E-state index contributed by atoms with van der Waals surface area (Å²) in [6.07, 6.45) is 5.31. The van der Waals surface area contributed by atoms with Crippen molar-refractivity contribution in [3.63, 3.8) is 0 Å². The molecule has 0 fully saturated rings. The highest BCUT2D eigenvalue weighted by molar-refractivity contribution is 5.67. The van der Waals surface area contributed by atoms with E-state index in [4.69, 9.17) is 4.74 Å². The lowest BCUT2D eigenvalue weighted by atomic mass is 10.1. The van der Waals surface area contributed by atoms with E-state index in [0.717, 1.165) is 16.3 Å². The second kappa shape index (κ2) is 7.78. The highest BCUT2D eigenvalue weighted by Crippen LogP contribution is 2.06. The molecule has 0 bridgehead atoms. The number of aryl methyl sites for hydroxylation is 1. The molecule has 0 aromatic carbocycles. The summed E-state index contributed by atoms with van der Waals surface area (Å²) in [5, 5.41) is 4.69. The number of hydrogen-bond donors (Lipinski definition) is 1. The standard InChI is InChI=1S/C18H26N2O2/c1-7-8-15-10-9-14(3)20-16(15)11-13(2)12-19-17(21)22-18(4,5)6/h7-11,13H,1,12H2,2-6H3,(H,19,21)/b15-8-,16-11+. The molecule has 1 amide bonds. The number of hydrogen-bond acceptors (Lipinski definition) is 3. The number of ether oxygens (including phenoxy) is 1. The van der Waals surface area contributed by atoms with Crippen LogP contribution >= 0.6 is 0 Å². The summed E-state index contributed by atoms with van der Waals surface area (Å²) in [7, 11) is 0. The molecule has 0 spiro atoms. The third-order valence-corrected chi connectivity index (χ3v) is 2.80. The van der Waals surface area contributed by atoms with Crippen molar-refractivity contribution < 1.29 is 9.53 Å². The largest absolute Gasteiger partial charge is 0.444 e. The van der Waals surface area contributed by atoms with Crippen molar-refractivity contribution in [2.24, 2.45) is 5.92 Å². The van der Waals surface area contributed by atoms with Crippen LogP contribution in [0.4, 0.5) is 4.79 Å². The first kappa shape index (κ1) is 18.0. The molecular formula is C18H26N2O2. The number of allylic oxidation sites excluding steroid dienone is 1. The molecule has 1 aromatic heterocycles. The Morgan fingerprint density at radius 1 is 1.45 bits per heavy atom. The SMILES string of the molecule is C=C/C=c1/ccc(C)n/c1=C/C(C)CNC(=O)OC(C)(C)C. The lowest BCUT2D eigenvalue weighted by Gasteiger charge is -2.20. The van der Waals surface area contributed by atoms with Crippen molar-refractivity contribution in [1.29, 1.82) is 0 Å². The summed E-state index contributed by atoms with van der Waals surface area (Å²) < 4.78 is 5.22. The third kappa shape index (κ3) is 6.57. The maximum Gasteiger partial charge on any atom is 0.407 e. The molecule has 1 heterocycles. The molecule has 22 heavy (non-hydrogen) atoms. The summed E-state index contributed by atoms with van der Waals surface area (Å²) >= 11 is 0. The van der Waals surface area contributed by atoms with E-state index in [1.807, 2.05) is 58.9 Å². The van der Waals surface area contributed by atoms with Crippen LogP contribution in [0.1, 0.15) is 33.4 Å². The Hall–Kier alpha value is -2.10. The molecule has 1 N–H and O–H groups in total. The molecule has 0 saturated carbocycles. The van der Waals surface area contributed by atoms with Gasteiger partial charge in [-0.2, -0.15) is 0 Å². The first-order chi connectivity index (χ1) is 10.2. The van der Waals surface area contributed by atoms with Crippen molar-refractivity contribution in [2.75, 3.05) is 6.54 Å². The van der Waals surface area contributed by atoms with Gasteiger partial charge in [-0.05, 0) is 44.9 Å². The van der Waals surface area contributed by atoms with Gasteiger partial charge in [0.05, 0.1) is 5.35 Å². The van der Waals surface area contributed by atoms with Gasteiger partial charge in [0.2, 0.25) is 0 Å². The average molecular weight is 302 g/mol. The Morgan fingerprint density at radius 3 is 2.73 bits per heavy atom. The number of nitrogens with one attached hydrogen (secondary N) is 1. The summed E-state index contributed by atoms with van der Waals surface area (Å²) in [6, 6.07) is 3.99. The Morgan fingerprint density at radius 2 is 2.14 bits per heavy atom. The fourth-order valence-corrected chi connectivity index (χ4v) is 1.88. The minimum absolute atomic E-state index is 0.138. The lowest BCUT2D eigenvalue weighted by Crippen LogP contribution is -2.35. The maximum absolute atomic E-state index is 11.7. The van der Waals surface area contributed by atoms with Crippen molar-refractivity contribution in [1.82, 2.24) is 10.3 Å². The number of pyridine rings is 1. The third-order valence-electron chi connectivity index (χ3n) is 2.80. The van der Waals surface area contributed by atoms with Gasteiger partial charge in [0.15, 0.2) is 0 Å². The monoisotopic (exact) mass is 302 g/mol. The van der Waals surface area contributed by atoms with Crippen molar-refractivity contribution in [2.45, 2.75) is 40.2 Å². The molecule has 0 saturated heterocycles. The van der Waals surface area contributed by atoms with E-state index in [2.05, 4.69) is 16.9 Å². The van der Waals surface area contributed by atoms with Crippen LogP contribution in [-0.4, -0.2) is 23.2 Å². The van der Waals surface area contributed by atoms with Crippen LogP contribution in [0.15, 0.2) is 24.8 Å². The van der Waals surface area contributed by atoms with Gasteiger partial charge in [0.25, 0.3) is 0 Å². The Balaban J connectivity index is 2.82. The highest BCUT2D eigenvalue weighted by atomic mass is 16.6. The summed E-state index contributed by atoms with van der Waals surface area (Å²) in [6.45, 7) is 13.7. The first-order valence-corrected chi connectivity index (χ1v) is 7.46. The predicted octanol–water partition coefficient (Wildman–Crippen LogP) is 2.30. The van der Waals surface area contributed by atoms with Gasteiger partial charge in [-0.15, -0.1) is 0 Å². The second-order valence-electron chi connectivity index (χ2n) is 6.36. The highest BCUT2D eigenvalue weighted by Gasteiger charge is 2.15. The van der Waals surface area contributed by atoms with Gasteiger partial charge >= 0.3 is 6.09 Å². The van der Waals surface area contributed by atoms with Gasteiger partial charge < -0.3 is 10.1 Å². The molecule has 1 aromatic rings. The van der Waals surface area contributed by atoms with Gasteiger partial charge in [-0.1, -0.05) is 37.8 Å². The molecule has 0 aliphatic rings. The van der Waals surface area contributed by atoms with Crippen LogP contribution in [-0.2, 0) is 4.74 Å². The van der Waals surface area contributed by atoms with Gasteiger partial charge in [0.1, 0.15) is 5.60 Å². The van der Waals surface area contributed by atoms with Crippen LogP contribution < -0.4 is 15.9 Å². The Bertz CT molecular complexity index is 642. The molecule has 120 valence electrons. The normalized spacial score (nSPS) is 14.6. The molecule has 1 rings (SSSR count). The Kier molecular flexibility index (Phi) is 6.35. The minimum atomic E-state index is -0.485. The van der Waals surface area contributed by atoms with E-state index in [-0.39, 0.29) is 5.92 Å². The van der Waals surface area contributed by atoms with Crippen molar-refractivity contribution in [3.05, 3.63) is 41.0 Å². The topological polar surface area (TPSA) is 51.2 Å². The molecular weight excluding hydrogens is 276 g/mol. The fourth-order valence-electron chi connectivity index (χ4n) is 1.88. The van der Waals surface area contributed by atoms with Gasteiger partial charge in [-0.25, -0.2) is 4.79 Å². The number of nitrogens with zero attached hydrogens (tertiary/aromatic N) is 1. The van der Waals surface area contributed by atoms with Crippen LogP contribution in [0.2, 0.25) is 0 Å². The van der Waals surface area contributed by atoms with Crippen LogP contribution in [0, 0.1) is 12.8 Å². The van der Waals surface area contributed by atoms with Crippen molar-refractivity contribution >= 4 is 18.2 Å². The van der Waals surface area contributed by atoms with E-state index < -0.39 is 11.7 Å². The zero-order valence-electron chi connectivity index (χ0n) is 14.1. The number of carbonyl (C=O) groups excluding carboxylic acids is 1. The molecule has 0 aliphatic heterocycles. The van der Waals surface area contributed by atoms with E-state index >= 15 is 0 Å². The lowest BCUT2D eigenvalue weighted by molar-refractivity contribution is 0.0524. The quantitative estimate of drug-likeness (QED) is 0.928. The second-order valence-corrected chi connectivity index (χ2v) is 6.36. The average Bonchev–Trinajstić information content (AvgIpc) is 2.38. The van der Waals surface area contributed by atoms with Crippen LogP contribution in [0.3, 0.4) is 0 Å².